The second-order valence-electron chi connectivity index (χ2n) is 6.01. The Morgan fingerprint density at radius 2 is 1.72 bits per heavy atom. The summed E-state index contributed by atoms with van der Waals surface area (Å²) in [7, 11) is 0. The molecule has 0 unspecified atom stereocenters. The summed E-state index contributed by atoms with van der Waals surface area (Å²) in [6.07, 6.45) is 0. The van der Waals surface area contributed by atoms with Crippen LogP contribution in [0.2, 0.25) is 4.34 Å². The molecule has 0 radical (unpaired) electrons. The van der Waals surface area contributed by atoms with Crippen LogP contribution >= 0.6 is 22.9 Å². The van der Waals surface area contributed by atoms with E-state index in [1.807, 2.05) is 0 Å². The van der Waals surface area contributed by atoms with E-state index in [1.165, 1.54) is 18.2 Å². The van der Waals surface area contributed by atoms with E-state index in [9.17, 15) is 19.5 Å². The quantitative estimate of drug-likeness (QED) is 0.443. The third-order valence-corrected chi connectivity index (χ3v) is 5.26. The minimum Gasteiger partial charge on any atom is -0.478 e. The summed E-state index contributed by atoms with van der Waals surface area (Å²) < 4.78 is 0.486. The average molecular weight is 430 g/mol. The van der Waals surface area contributed by atoms with Crippen LogP contribution in [0.1, 0.15) is 36.0 Å². The van der Waals surface area contributed by atoms with Gasteiger partial charge in [-0.3, -0.25) is 9.59 Å². The van der Waals surface area contributed by atoms with Crippen molar-refractivity contribution in [3.05, 3.63) is 80.5 Å². The first kappa shape index (κ1) is 20.4. The monoisotopic (exact) mass is 429 g/mol. The smallest absolute Gasteiger partial charge is 0.337 e. The molecule has 0 aliphatic carbocycles. The Morgan fingerprint density at radius 3 is 2.34 bits per heavy atom. The molecule has 1 aromatic heterocycles. The van der Waals surface area contributed by atoms with E-state index in [1.54, 1.807) is 36.4 Å². The summed E-state index contributed by atoms with van der Waals surface area (Å²) in [5.74, 6) is -2.04. The van der Waals surface area contributed by atoms with Gasteiger partial charge in [-0.2, -0.15) is 0 Å². The number of para-hydroxylation sites is 1. The molecule has 29 heavy (non-hydrogen) atoms. The van der Waals surface area contributed by atoms with Crippen LogP contribution in [0.25, 0.3) is 0 Å². The van der Waals surface area contributed by atoms with E-state index in [2.05, 4.69) is 10.6 Å². The van der Waals surface area contributed by atoms with Crippen LogP contribution in [0, 0.1) is 0 Å². The highest BCUT2D eigenvalue weighted by molar-refractivity contribution is 7.17. The number of nitrogen functional groups attached to an aromatic ring is 1. The third kappa shape index (κ3) is 4.92. The van der Waals surface area contributed by atoms with Crippen LogP contribution in [0.4, 0.5) is 11.4 Å². The SMILES string of the molecule is Nc1ccc(C(=O)Nc2c(CNC(=O)c3ccc(Cl)s3)cccc2C(=O)O)cc1. The van der Waals surface area contributed by atoms with Gasteiger partial charge in [0.05, 0.1) is 20.5 Å². The van der Waals surface area contributed by atoms with Gasteiger partial charge in [0.1, 0.15) is 0 Å². The van der Waals surface area contributed by atoms with Gasteiger partial charge < -0.3 is 21.5 Å². The number of carboxylic acids is 1. The topological polar surface area (TPSA) is 122 Å². The zero-order valence-corrected chi connectivity index (χ0v) is 16.5. The molecule has 0 saturated heterocycles. The molecule has 0 bridgehead atoms. The average Bonchev–Trinajstić information content (AvgIpc) is 3.13. The lowest BCUT2D eigenvalue weighted by atomic mass is 10.1. The summed E-state index contributed by atoms with van der Waals surface area (Å²) in [4.78, 5) is 36.9. The normalized spacial score (nSPS) is 10.4. The number of carboxylic acid groups (broad SMARTS) is 1. The van der Waals surface area contributed by atoms with E-state index in [0.29, 0.717) is 26.0 Å². The molecule has 0 saturated carbocycles. The van der Waals surface area contributed by atoms with Gasteiger partial charge in [0, 0.05) is 17.8 Å². The minimum absolute atomic E-state index is 0.0207. The summed E-state index contributed by atoms with van der Waals surface area (Å²) in [6.45, 7) is 0.0207. The molecule has 3 aromatic rings. The van der Waals surface area contributed by atoms with Gasteiger partial charge in [0.25, 0.3) is 11.8 Å². The number of hydrogen-bond donors (Lipinski definition) is 4. The zero-order valence-electron chi connectivity index (χ0n) is 14.9. The molecular weight excluding hydrogens is 414 g/mol. The van der Waals surface area contributed by atoms with Crippen molar-refractivity contribution in [2.45, 2.75) is 6.54 Å². The maximum atomic E-state index is 12.6. The van der Waals surface area contributed by atoms with Gasteiger partial charge in [-0.25, -0.2) is 4.79 Å². The molecule has 0 aliphatic rings. The fourth-order valence-corrected chi connectivity index (χ4v) is 3.55. The van der Waals surface area contributed by atoms with Crippen molar-refractivity contribution >= 4 is 52.1 Å². The number of nitrogens with one attached hydrogen (secondary N) is 2. The lowest BCUT2D eigenvalue weighted by molar-refractivity contribution is 0.0697. The van der Waals surface area contributed by atoms with Crippen LogP contribution in [0.5, 0.6) is 0 Å². The summed E-state index contributed by atoms with van der Waals surface area (Å²) in [6, 6.07) is 14.0. The van der Waals surface area contributed by atoms with Crippen LogP contribution in [0.3, 0.4) is 0 Å². The van der Waals surface area contributed by atoms with Gasteiger partial charge >= 0.3 is 5.97 Å². The number of benzene rings is 2. The fourth-order valence-electron chi connectivity index (χ4n) is 2.59. The number of carbonyl (C=O) groups excluding carboxylic acids is 2. The fraction of sp³-hybridized carbons (Fsp3) is 0.0500. The number of thiophene rings is 1. The van der Waals surface area contributed by atoms with E-state index < -0.39 is 11.9 Å². The molecule has 1 heterocycles. The molecule has 9 heteroatoms. The van der Waals surface area contributed by atoms with Crippen LogP contribution in [-0.2, 0) is 6.54 Å². The Kier molecular flexibility index (Phi) is 6.16. The van der Waals surface area contributed by atoms with Crippen molar-refractivity contribution < 1.29 is 19.5 Å². The van der Waals surface area contributed by atoms with Crippen LogP contribution in [0.15, 0.2) is 54.6 Å². The second-order valence-corrected chi connectivity index (χ2v) is 7.72. The molecule has 148 valence electrons. The van der Waals surface area contributed by atoms with Crippen molar-refractivity contribution in [3.63, 3.8) is 0 Å². The molecule has 0 spiro atoms. The first-order valence-electron chi connectivity index (χ1n) is 8.41. The van der Waals surface area contributed by atoms with E-state index in [4.69, 9.17) is 17.3 Å². The van der Waals surface area contributed by atoms with Crippen molar-refractivity contribution in [2.75, 3.05) is 11.1 Å². The molecular formula is C20H16ClN3O4S. The lowest BCUT2D eigenvalue weighted by Crippen LogP contribution is -2.24. The maximum absolute atomic E-state index is 12.6. The number of hydrogen-bond acceptors (Lipinski definition) is 5. The Morgan fingerprint density at radius 1 is 1.00 bits per heavy atom. The van der Waals surface area contributed by atoms with Gasteiger partial charge in [-0.05, 0) is 48.0 Å². The maximum Gasteiger partial charge on any atom is 0.337 e. The lowest BCUT2D eigenvalue weighted by Gasteiger charge is -2.15. The number of anilines is 2. The Balaban J connectivity index is 1.84. The largest absolute Gasteiger partial charge is 0.478 e. The Hall–Kier alpha value is -3.36. The van der Waals surface area contributed by atoms with Gasteiger partial charge in [0.2, 0.25) is 0 Å². The molecule has 0 atom stereocenters. The van der Waals surface area contributed by atoms with Gasteiger partial charge in [-0.1, -0.05) is 23.7 Å². The van der Waals surface area contributed by atoms with Crippen molar-refractivity contribution in [1.29, 1.82) is 0 Å². The first-order chi connectivity index (χ1) is 13.8. The second kappa shape index (κ2) is 8.76. The number of rotatable bonds is 6. The predicted octanol–water partition coefficient (Wildman–Crippen LogP) is 3.86. The summed E-state index contributed by atoms with van der Waals surface area (Å²) in [5.41, 5.74) is 6.94. The highest BCUT2D eigenvalue weighted by Gasteiger charge is 2.18. The standard InChI is InChI=1S/C20H16ClN3O4S/c21-16-9-8-15(29-16)19(26)23-10-12-2-1-3-14(20(27)28)17(12)24-18(25)11-4-6-13(22)7-5-11/h1-9H,10,22H2,(H,23,26)(H,24,25)(H,27,28). The molecule has 5 N–H and O–H groups in total. The molecule has 2 amide bonds. The van der Waals surface area contributed by atoms with Crippen molar-refractivity contribution in [1.82, 2.24) is 5.32 Å². The van der Waals surface area contributed by atoms with Gasteiger partial charge in [0.15, 0.2) is 0 Å². The third-order valence-electron chi connectivity index (χ3n) is 4.03. The molecule has 7 nitrogen and oxygen atoms in total. The summed E-state index contributed by atoms with van der Waals surface area (Å²) >= 11 is 6.98. The van der Waals surface area contributed by atoms with Crippen molar-refractivity contribution in [3.8, 4) is 0 Å². The molecule has 0 fully saturated rings. The minimum atomic E-state index is -1.20. The predicted molar refractivity (Wildman–Crippen MR) is 113 cm³/mol. The highest BCUT2D eigenvalue weighted by atomic mass is 35.5. The molecule has 3 rings (SSSR count). The van der Waals surface area contributed by atoms with Gasteiger partial charge in [-0.15, -0.1) is 11.3 Å². The number of amides is 2. The van der Waals surface area contributed by atoms with E-state index >= 15 is 0 Å². The zero-order chi connectivity index (χ0) is 21.0. The Labute approximate surface area is 175 Å². The summed E-state index contributed by atoms with van der Waals surface area (Å²) in [5, 5.41) is 14.8. The Bertz CT molecular complexity index is 1080. The number of aromatic carboxylic acids is 1. The van der Waals surface area contributed by atoms with E-state index in [-0.39, 0.29) is 23.7 Å². The number of halogens is 1. The van der Waals surface area contributed by atoms with Crippen LogP contribution in [-0.4, -0.2) is 22.9 Å². The van der Waals surface area contributed by atoms with Crippen LogP contribution < -0.4 is 16.4 Å². The molecule has 0 aliphatic heterocycles. The first-order valence-corrected chi connectivity index (χ1v) is 9.60. The van der Waals surface area contributed by atoms with E-state index in [0.717, 1.165) is 11.3 Å². The number of carbonyl (C=O) groups is 3. The number of nitrogens with two attached hydrogens (primary N) is 1. The van der Waals surface area contributed by atoms with Crippen molar-refractivity contribution in [2.24, 2.45) is 0 Å². The highest BCUT2D eigenvalue weighted by Crippen LogP contribution is 2.24. The molecule has 2 aromatic carbocycles.